The first kappa shape index (κ1) is 12.2. The van der Waals surface area contributed by atoms with E-state index in [1.54, 1.807) is 26.0 Å². The summed E-state index contributed by atoms with van der Waals surface area (Å²) < 4.78 is 5.95. The van der Waals surface area contributed by atoms with Crippen molar-refractivity contribution in [3.63, 3.8) is 0 Å². The van der Waals surface area contributed by atoms with Gasteiger partial charge in [0, 0.05) is 4.47 Å². The van der Waals surface area contributed by atoms with Crippen molar-refractivity contribution in [2.24, 2.45) is 5.73 Å². The van der Waals surface area contributed by atoms with Crippen molar-refractivity contribution in [3.8, 4) is 5.75 Å². The highest BCUT2D eigenvalue weighted by molar-refractivity contribution is 9.10. The summed E-state index contributed by atoms with van der Waals surface area (Å²) in [5.74, 6) is 0.405. The summed E-state index contributed by atoms with van der Waals surface area (Å²) >= 11 is 3.31. The molecule has 0 heterocycles. The standard InChI is InChI=1S/C11H14BrNO2/c1-11(2,13)10(14)8-6-7(12)4-5-9(8)15-3/h4-6H,13H2,1-3H3. The molecule has 0 amide bonds. The molecule has 0 aliphatic heterocycles. The zero-order valence-corrected chi connectivity index (χ0v) is 10.6. The van der Waals surface area contributed by atoms with Gasteiger partial charge in [0.1, 0.15) is 5.75 Å². The molecule has 0 aliphatic rings. The fourth-order valence-corrected chi connectivity index (χ4v) is 1.57. The molecule has 0 radical (unpaired) electrons. The van der Waals surface area contributed by atoms with Crippen molar-refractivity contribution in [2.45, 2.75) is 19.4 Å². The lowest BCUT2D eigenvalue weighted by Gasteiger charge is -2.18. The SMILES string of the molecule is COc1ccc(Br)cc1C(=O)C(C)(C)N. The van der Waals surface area contributed by atoms with Gasteiger partial charge in [0.15, 0.2) is 5.78 Å². The van der Waals surface area contributed by atoms with Crippen LogP contribution in [0.1, 0.15) is 24.2 Å². The molecule has 0 fully saturated rings. The predicted molar refractivity (Wildman–Crippen MR) is 63.3 cm³/mol. The Morgan fingerprint density at radius 3 is 2.53 bits per heavy atom. The Bertz CT molecular complexity index is 383. The van der Waals surface area contributed by atoms with Crippen molar-refractivity contribution >= 4 is 21.7 Å². The Balaban J connectivity index is 3.23. The van der Waals surface area contributed by atoms with Crippen LogP contribution in [-0.4, -0.2) is 18.4 Å². The van der Waals surface area contributed by atoms with Gasteiger partial charge in [-0.25, -0.2) is 0 Å². The van der Waals surface area contributed by atoms with Gasteiger partial charge in [0.25, 0.3) is 0 Å². The number of carbonyl (C=O) groups is 1. The quantitative estimate of drug-likeness (QED) is 0.859. The van der Waals surface area contributed by atoms with E-state index in [2.05, 4.69) is 15.9 Å². The molecular weight excluding hydrogens is 258 g/mol. The van der Waals surface area contributed by atoms with Crippen LogP contribution in [0.2, 0.25) is 0 Å². The van der Waals surface area contributed by atoms with Crippen LogP contribution in [0.5, 0.6) is 5.75 Å². The van der Waals surface area contributed by atoms with Crippen molar-refractivity contribution in [1.82, 2.24) is 0 Å². The Morgan fingerprint density at radius 1 is 1.47 bits per heavy atom. The zero-order chi connectivity index (χ0) is 11.6. The molecule has 1 aromatic rings. The number of carbonyl (C=O) groups excluding carboxylic acids is 1. The summed E-state index contributed by atoms with van der Waals surface area (Å²) in [5, 5.41) is 0. The number of hydrogen-bond donors (Lipinski definition) is 1. The van der Waals surface area contributed by atoms with Gasteiger partial charge in [0.2, 0.25) is 0 Å². The van der Waals surface area contributed by atoms with Gasteiger partial charge in [-0.2, -0.15) is 0 Å². The van der Waals surface area contributed by atoms with Crippen LogP contribution in [0.25, 0.3) is 0 Å². The van der Waals surface area contributed by atoms with E-state index in [4.69, 9.17) is 10.5 Å². The summed E-state index contributed by atoms with van der Waals surface area (Å²) in [6, 6.07) is 5.28. The summed E-state index contributed by atoms with van der Waals surface area (Å²) in [6.45, 7) is 3.35. The number of ether oxygens (including phenoxy) is 1. The van der Waals surface area contributed by atoms with Crippen LogP contribution in [0, 0.1) is 0 Å². The number of hydrogen-bond acceptors (Lipinski definition) is 3. The second-order valence-electron chi connectivity index (χ2n) is 3.90. The average Bonchev–Trinajstić information content (AvgIpc) is 2.15. The maximum atomic E-state index is 12.0. The molecule has 15 heavy (non-hydrogen) atoms. The number of methoxy groups -OCH3 is 1. The van der Waals surface area contributed by atoms with E-state index in [1.807, 2.05) is 6.07 Å². The van der Waals surface area contributed by atoms with E-state index in [0.29, 0.717) is 11.3 Å². The lowest BCUT2D eigenvalue weighted by atomic mass is 9.94. The number of ketones is 1. The van der Waals surface area contributed by atoms with Crippen LogP contribution < -0.4 is 10.5 Å². The minimum Gasteiger partial charge on any atom is -0.496 e. The van der Waals surface area contributed by atoms with Gasteiger partial charge >= 0.3 is 0 Å². The fraction of sp³-hybridized carbons (Fsp3) is 0.364. The molecule has 4 heteroatoms. The zero-order valence-electron chi connectivity index (χ0n) is 9.00. The number of halogens is 1. The van der Waals surface area contributed by atoms with Crippen molar-refractivity contribution in [3.05, 3.63) is 28.2 Å². The molecule has 3 nitrogen and oxygen atoms in total. The molecular formula is C11H14BrNO2. The van der Waals surface area contributed by atoms with Crippen LogP contribution in [0.3, 0.4) is 0 Å². The first-order valence-electron chi connectivity index (χ1n) is 4.53. The fourth-order valence-electron chi connectivity index (χ4n) is 1.20. The van der Waals surface area contributed by atoms with Crippen LogP contribution >= 0.6 is 15.9 Å². The monoisotopic (exact) mass is 271 g/mol. The molecule has 0 spiro atoms. The van der Waals surface area contributed by atoms with Gasteiger partial charge in [-0.1, -0.05) is 15.9 Å². The molecule has 0 bridgehead atoms. The van der Waals surface area contributed by atoms with E-state index in [-0.39, 0.29) is 5.78 Å². The highest BCUT2D eigenvalue weighted by atomic mass is 79.9. The van der Waals surface area contributed by atoms with Crippen LogP contribution in [0.15, 0.2) is 22.7 Å². The molecule has 0 atom stereocenters. The number of rotatable bonds is 3. The maximum absolute atomic E-state index is 12.0. The summed E-state index contributed by atoms with van der Waals surface area (Å²) in [4.78, 5) is 12.0. The Kier molecular flexibility index (Phi) is 3.52. The summed E-state index contributed by atoms with van der Waals surface area (Å²) in [7, 11) is 1.53. The number of Topliss-reactive ketones (excluding diaryl/α,β-unsaturated/α-hetero) is 1. The van der Waals surface area contributed by atoms with Gasteiger partial charge < -0.3 is 10.5 Å². The highest BCUT2D eigenvalue weighted by Gasteiger charge is 2.26. The third-order valence-electron chi connectivity index (χ3n) is 1.99. The second-order valence-corrected chi connectivity index (χ2v) is 4.81. The molecule has 2 N–H and O–H groups in total. The summed E-state index contributed by atoms with van der Waals surface area (Å²) in [6.07, 6.45) is 0. The normalized spacial score (nSPS) is 11.3. The molecule has 1 aromatic carbocycles. The van der Waals surface area contributed by atoms with Crippen molar-refractivity contribution < 1.29 is 9.53 Å². The molecule has 0 saturated carbocycles. The largest absolute Gasteiger partial charge is 0.496 e. The highest BCUT2D eigenvalue weighted by Crippen LogP contribution is 2.25. The van der Waals surface area contributed by atoms with Gasteiger partial charge in [-0.15, -0.1) is 0 Å². The Morgan fingerprint density at radius 2 is 2.07 bits per heavy atom. The van der Waals surface area contributed by atoms with E-state index in [9.17, 15) is 4.79 Å². The number of nitrogens with two attached hydrogens (primary N) is 1. The van der Waals surface area contributed by atoms with Crippen molar-refractivity contribution in [1.29, 1.82) is 0 Å². The second kappa shape index (κ2) is 4.33. The van der Waals surface area contributed by atoms with Gasteiger partial charge in [-0.05, 0) is 32.0 Å². The molecule has 82 valence electrons. The lowest BCUT2D eigenvalue weighted by Crippen LogP contribution is -2.41. The maximum Gasteiger partial charge on any atom is 0.185 e. The minimum absolute atomic E-state index is 0.138. The van der Waals surface area contributed by atoms with E-state index in [1.165, 1.54) is 7.11 Å². The molecule has 0 aliphatic carbocycles. The third kappa shape index (κ3) is 2.79. The van der Waals surface area contributed by atoms with Crippen molar-refractivity contribution in [2.75, 3.05) is 7.11 Å². The van der Waals surface area contributed by atoms with E-state index in [0.717, 1.165) is 4.47 Å². The Labute approximate surface area is 97.7 Å². The molecule has 0 aromatic heterocycles. The topological polar surface area (TPSA) is 52.3 Å². The van der Waals surface area contributed by atoms with Crippen LogP contribution in [-0.2, 0) is 0 Å². The Hall–Kier alpha value is -0.870. The van der Waals surface area contributed by atoms with Gasteiger partial charge in [0.05, 0.1) is 18.2 Å². The molecule has 1 rings (SSSR count). The van der Waals surface area contributed by atoms with Gasteiger partial charge in [-0.3, -0.25) is 4.79 Å². The smallest absolute Gasteiger partial charge is 0.185 e. The molecule has 0 saturated heterocycles. The molecule has 0 unspecified atom stereocenters. The third-order valence-corrected chi connectivity index (χ3v) is 2.48. The average molecular weight is 272 g/mol. The van der Waals surface area contributed by atoms with Crippen LogP contribution in [0.4, 0.5) is 0 Å². The van der Waals surface area contributed by atoms with E-state index < -0.39 is 5.54 Å². The number of benzene rings is 1. The lowest BCUT2D eigenvalue weighted by molar-refractivity contribution is 0.0910. The van der Waals surface area contributed by atoms with E-state index >= 15 is 0 Å². The summed E-state index contributed by atoms with van der Waals surface area (Å²) in [5.41, 5.74) is 5.37. The predicted octanol–water partition coefficient (Wildman–Crippen LogP) is 2.38. The first-order valence-corrected chi connectivity index (χ1v) is 5.33. The minimum atomic E-state index is -0.895. The first-order chi connectivity index (χ1) is 6.86.